The fourth-order valence-corrected chi connectivity index (χ4v) is 5.24. The van der Waals surface area contributed by atoms with Gasteiger partial charge in [0.25, 0.3) is 11.6 Å². The minimum Gasteiger partial charge on any atom is -0.436 e. The van der Waals surface area contributed by atoms with E-state index in [1.807, 2.05) is 49.9 Å². The van der Waals surface area contributed by atoms with Gasteiger partial charge in [0.15, 0.2) is 10.7 Å². The Bertz CT molecular complexity index is 1610. The van der Waals surface area contributed by atoms with Crippen molar-refractivity contribution in [3.05, 3.63) is 80.9 Å². The number of hydrogen-bond acceptors (Lipinski definition) is 7. The Kier molecular flexibility index (Phi) is 7.30. The van der Waals surface area contributed by atoms with Gasteiger partial charge in [0.2, 0.25) is 5.89 Å². The van der Waals surface area contributed by atoms with Crippen LogP contribution in [-0.2, 0) is 0 Å². The molecule has 3 aromatic carbocycles. The predicted octanol–water partition coefficient (Wildman–Crippen LogP) is 6.45. The van der Waals surface area contributed by atoms with E-state index in [-0.39, 0.29) is 16.4 Å². The van der Waals surface area contributed by atoms with Gasteiger partial charge in [-0.3, -0.25) is 20.2 Å². The molecule has 1 aliphatic rings. The van der Waals surface area contributed by atoms with Gasteiger partial charge in [-0.2, -0.15) is 0 Å². The fourth-order valence-electron chi connectivity index (χ4n) is 5.04. The minimum atomic E-state index is -0.528. The molecule has 1 aromatic heterocycles. The highest BCUT2D eigenvalue weighted by Crippen LogP contribution is 2.33. The van der Waals surface area contributed by atoms with Crippen molar-refractivity contribution >= 4 is 51.4 Å². The summed E-state index contributed by atoms with van der Waals surface area (Å²) in [6, 6.07) is 14.2. The summed E-state index contributed by atoms with van der Waals surface area (Å²) in [6.07, 6.45) is 3.10. The third-order valence-corrected chi connectivity index (χ3v) is 7.19. The molecule has 2 heterocycles. The maximum atomic E-state index is 12.9. The summed E-state index contributed by atoms with van der Waals surface area (Å²) in [5.74, 6) is -0.0321. The monoisotopic (exact) mass is 543 g/mol. The number of aromatic nitrogens is 1. The molecule has 200 valence electrons. The summed E-state index contributed by atoms with van der Waals surface area (Å²) >= 11 is 5.40. The van der Waals surface area contributed by atoms with Crippen LogP contribution < -0.4 is 15.5 Å². The molecule has 0 saturated carbocycles. The number of carbonyl (C=O) groups excluding carboxylic acids is 1. The molecule has 9 nitrogen and oxygen atoms in total. The Morgan fingerprint density at radius 3 is 2.59 bits per heavy atom. The molecule has 0 aliphatic carbocycles. The van der Waals surface area contributed by atoms with Crippen LogP contribution in [-0.4, -0.2) is 34.0 Å². The number of nitro benzene ring substituents is 1. The summed E-state index contributed by atoms with van der Waals surface area (Å²) < 4.78 is 6.09. The number of rotatable bonds is 5. The highest BCUT2D eigenvalue weighted by atomic mass is 32.1. The molecule has 1 saturated heterocycles. The van der Waals surface area contributed by atoms with Crippen molar-refractivity contribution in [2.45, 2.75) is 40.0 Å². The quantitative estimate of drug-likeness (QED) is 0.168. The maximum Gasteiger partial charge on any atom is 0.293 e. The van der Waals surface area contributed by atoms with Crippen molar-refractivity contribution in [3.8, 4) is 11.5 Å². The number of piperidine rings is 1. The van der Waals surface area contributed by atoms with Crippen molar-refractivity contribution in [1.29, 1.82) is 0 Å². The SMILES string of the molecule is Cc1cc(C)c2oc(-c3cccc(NC(=S)NC(=O)c4ccc(N5CCCCC5)c([N+](=O)[O-])c4)c3C)nc2c1. The molecule has 1 fully saturated rings. The Morgan fingerprint density at radius 2 is 1.85 bits per heavy atom. The third-order valence-electron chi connectivity index (χ3n) is 6.99. The first-order chi connectivity index (χ1) is 18.7. The van der Waals surface area contributed by atoms with E-state index in [1.54, 1.807) is 12.1 Å². The van der Waals surface area contributed by atoms with E-state index in [1.165, 1.54) is 6.07 Å². The van der Waals surface area contributed by atoms with Crippen LogP contribution in [0.5, 0.6) is 0 Å². The topological polar surface area (TPSA) is 114 Å². The number of nitrogens with zero attached hydrogens (tertiary/aromatic N) is 3. The molecule has 0 unspecified atom stereocenters. The molecule has 0 atom stereocenters. The van der Waals surface area contributed by atoms with E-state index in [2.05, 4.69) is 21.7 Å². The molecule has 4 aromatic rings. The maximum absolute atomic E-state index is 12.9. The molecule has 2 N–H and O–H groups in total. The van der Waals surface area contributed by atoms with Crippen molar-refractivity contribution < 1.29 is 14.1 Å². The number of nitro groups is 1. The van der Waals surface area contributed by atoms with Gasteiger partial charge in [-0.1, -0.05) is 12.1 Å². The zero-order valence-corrected chi connectivity index (χ0v) is 22.9. The lowest BCUT2D eigenvalue weighted by Gasteiger charge is -2.28. The molecule has 1 aliphatic heterocycles. The largest absolute Gasteiger partial charge is 0.436 e. The van der Waals surface area contributed by atoms with Gasteiger partial charge in [-0.25, -0.2) is 4.98 Å². The van der Waals surface area contributed by atoms with Crippen molar-refractivity contribution in [3.63, 3.8) is 0 Å². The highest BCUT2D eigenvalue weighted by Gasteiger charge is 2.23. The second kappa shape index (κ2) is 10.8. The number of fused-ring (bicyclic) bond motifs is 1. The standard InChI is InChI=1S/C29H29N5O4S/c1-17-14-18(2)26-23(15-17)30-28(38-26)21-8-7-9-22(19(21)3)31-29(39)32-27(35)20-10-11-24(25(16-20)34(36)37)33-12-5-4-6-13-33/h7-11,14-16H,4-6,12-13H2,1-3H3,(H2,31,32,35,39). The van der Waals surface area contributed by atoms with Crippen molar-refractivity contribution in [2.24, 2.45) is 0 Å². The first-order valence-electron chi connectivity index (χ1n) is 12.8. The number of benzene rings is 3. The molecular formula is C29H29N5O4S. The van der Waals surface area contributed by atoms with Gasteiger partial charge in [-0.15, -0.1) is 0 Å². The van der Waals surface area contributed by atoms with E-state index in [0.29, 0.717) is 17.3 Å². The molecular weight excluding hydrogens is 514 g/mol. The first-order valence-corrected chi connectivity index (χ1v) is 13.3. The summed E-state index contributed by atoms with van der Waals surface area (Å²) in [4.78, 5) is 31.0. The normalized spacial score (nSPS) is 13.4. The van der Waals surface area contributed by atoms with E-state index in [0.717, 1.165) is 65.7 Å². The third kappa shape index (κ3) is 5.46. The lowest BCUT2D eigenvalue weighted by atomic mass is 10.1. The average Bonchev–Trinajstić information content (AvgIpc) is 3.34. The molecule has 0 spiro atoms. The summed E-state index contributed by atoms with van der Waals surface area (Å²) in [7, 11) is 0. The van der Waals surface area contributed by atoms with Gasteiger partial charge >= 0.3 is 0 Å². The summed E-state index contributed by atoms with van der Waals surface area (Å²) in [5.41, 5.74) is 6.60. The van der Waals surface area contributed by atoms with Gasteiger partial charge in [0.05, 0.1) is 4.92 Å². The summed E-state index contributed by atoms with van der Waals surface area (Å²) in [5, 5.41) is 17.6. The van der Waals surface area contributed by atoms with E-state index in [4.69, 9.17) is 16.6 Å². The number of aryl methyl sites for hydroxylation is 2. The number of hydrogen-bond donors (Lipinski definition) is 2. The first kappa shape index (κ1) is 26.3. The number of thiocarbonyl (C=S) groups is 1. The Hall–Kier alpha value is -4.31. The molecule has 0 bridgehead atoms. The lowest BCUT2D eigenvalue weighted by Crippen LogP contribution is -2.34. The molecule has 1 amide bonds. The highest BCUT2D eigenvalue weighted by molar-refractivity contribution is 7.80. The van der Waals surface area contributed by atoms with Gasteiger partial charge in [0.1, 0.15) is 11.2 Å². The zero-order chi connectivity index (χ0) is 27.7. The van der Waals surface area contributed by atoms with Crippen LogP contribution in [0.4, 0.5) is 17.1 Å². The average molecular weight is 544 g/mol. The second-order valence-corrected chi connectivity index (χ2v) is 10.3. The van der Waals surface area contributed by atoms with Crippen molar-refractivity contribution in [1.82, 2.24) is 10.3 Å². The number of amides is 1. The van der Waals surface area contributed by atoms with Gasteiger partial charge in [0, 0.05) is 36.0 Å². The Labute approximate surface area is 231 Å². The van der Waals surface area contributed by atoms with Crippen LogP contribution in [0.25, 0.3) is 22.6 Å². The van der Waals surface area contributed by atoms with Crippen LogP contribution in [0.15, 0.2) is 52.9 Å². The van der Waals surface area contributed by atoms with E-state index < -0.39 is 10.8 Å². The second-order valence-electron chi connectivity index (χ2n) is 9.84. The van der Waals surface area contributed by atoms with Crippen LogP contribution in [0.2, 0.25) is 0 Å². The number of carbonyl (C=O) groups is 1. The molecule has 10 heteroatoms. The Balaban J connectivity index is 1.33. The number of oxazole rings is 1. The molecule has 5 rings (SSSR count). The van der Waals surface area contributed by atoms with E-state index in [9.17, 15) is 14.9 Å². The minimum absolute atomic E-state index is 0.0760. The summed E-state index contributed by atoms with van der Waals surface area (Å²) in [6.45, 7) is 7.46. The van der Waals surface area contributed by atoms with Crippen LogP contribution in [0, 0.1) is 30.9 Å². The van der Waals surface area contributed by atoms with Gasteiger partial charge in [-0.05, 0) is 99.3 Å². The molecule has 0 radical (unpaired) electrons. The van der Waals surface area contributed by atoms with Crippen molar-refractivity contribution in [2.75, 3.05) is 23.3 Å². The van der Waals surface area contributed by atoms with Crippen LogP contribution in [0.3, 0.4) is 0 Å². The van der Waals surface area contributed by atoms with E-state index >= 15 is 0 Å². The molecule has 39 heavy (non-hydrogen) atoms. The number of nitrogens with one attached hydrogen (secondary N) is 2. The Morgan fingerprint density at radius 1 is 1.08 bits per heavy atom. The van der Waals surface area contributed by atoms with Crippen LogP contribution in [0.1, 0.15) is 46.3 Å². The van der Waals surface area contributed by atoms with Gasteiger partial charge < -0.3 is 14.6 Å². The number of anilines is 2. The lowest BCUT2D eigenvalue weighted by molar-refractivity contribution is -0.384. The fraction of sp³-hybridized carbons (Fsp3) is 0.276. The predicted molar refractivity (Wildman–Crippen MR) is 157 cm³/mol. The smallest absolute Gasteiger partial charge is 0.293 e. The van der Waals surface area contributed by atoms with Crippen LogP contribution >= 0.6 is 12.2 Å². The zero-order valence-electron chi connectivity index (χ0n) is 22.0.